The summed E-state index contributed by atoms with van der Waals surface area (Å²) in [6.07, 6.45) is 0. The molecular formula is C12H19NO3S. The highest BCUT2D eigenvalue weighted by molar-refractivity contribution is 7.92. The predicted octanol–water partition coefficient (Wildman–Crippen LogP) is 1.55. The molecule has 1 N–H and O–H groups in total. The predicted molar refractivity (Wildman–Crippen MR) is 70.1 cm³/mol. The molecule has 0 heterocycles. The van der Waals surface area contributed by atoms with Crippen LogP contribution in [0.25, 0.3) is 0 Å². The van der Waals surface area contributed by atoms with E-state index >= 15 is 0 Å². The molecule has 0 spiro atoms. The Hall–Kier alpha value is -1.07. The minimum Gasteiger partial charge on any atom is -0.384 e. The monoisotopic (exact) mass is 257 g/mol. The molecule has 4 nitrogen and oxygen atoms in total. The SMILES string of the molecule is COCCS(=O)(=O)C(C)CNc1ccccc1. The maximum atomic E-state index is 11.8. The highest BCUT2D eigenvalue weighted by atomic mass is 32.2. The third-order valence-electron chi connectivity index (χ3n) is 2.55. The topological polar surface area (TPSA) is 55.4 Å². The summed E-state index contributed by atoms with van der Waals surface area (Å²) in [5, 5.41) is 2.69. The van der Waals surface area contributed by atoms with Crippen LogP contribution in [-0.2, 0) is 14.6 Å². The standard InChI is InChI=1S/C12H19NO3S/c1-11(17(14,15)9-8-16-2)10-13-12-6-4-3-5-7-12/h3-7,11,13H,8-10H2,1-2H3. The molecule has 1 aromatic carbocycles. The molecule has 0 saturated heterocycles. The molecule has 0 aromatic heterocycles. The van der Waals surface area contributed by atoms with E-state index in [0.29, 0.717) is 6.54 Å². The van der Waals surface area contributed by atoms with Crippen LogP contribution in [0.2, 0.25) is 0 Å². The number of ether oxygens (including phenoxy) is 1. The molecule has 0 aliphatic heterocycles. The summed E-state index contributed by atoms with van der Waals surface area (Å²) in [4.78, 5) is 0. The number of benzene rings is 1. The summed E-state index contributed by atoms with van der Waals surface area (Å²) >= 11 is 0. The Morgan fingerprint density at radius 1 is 1.29 bits per heavy atom. The molecule has 0 fully saturated rings. The van der Waals surface area contributed by atoms with Crippen LogP contribution in [0.4, 0.5) is 5.69 Å². The van der Waals surface area contributed by atoms with Gasteiger partial charge in [0.15, 0.2) is 9.84 Å². The summed E-state index contributed by atoms with van der Waals surface area (Å²) in [6, 6.07) is 9.56. The zero-order valence-electron chi connectivity index (χ0n) is 10.2. The van der Waals surface area contributed by atoms with E-state index < -0.39 is 15.1 Å². The van der Waals surface area contributed by atoms with Crippen LogP contribution in [0.1, 0.15) is 6.92 Å². The van der Waals surface area contributed by atoms with Crippen LogP contribution in [0.3, 0.4) is 0 Å². The van der Waals surface area contributed by atoms with E-state index in [-0.39, 0.29) is 12.4 Å². The lowest BCUT2D eigenvalue weighted by Crippen LogP contribution is -2.29. The van der Waals surface area contributed by atoms with Crippen molar-refractivity contribution in [1.29, 1.82) is 0 Å². The van der Waals surface area contributed by atoms with Gasteiger partial charge in [0.1, 0.15) is 0 Å². The van der Waals surface area contributed by atoms with Crippen LogP contribution < -0.4 is 5.32 Å². The average molecular weight is 257 g/mol. The molecule has 1 atom stereocenters. The van der Waals surface area contributed by atoms with E-state index in [4.69, 9.17) is 4.74 Å². The van der Waals surface area contributed by atoms with Crippen molar-refractivity contribution in [2.45, 2.75) is 12.2 Å². The van der Waals surface area contributed by atoms with Crippen molar-refractivity contribution in [1.82, 2.24) is 0 Å². The quantitative estimate of drug-likeness (QED) is 0.805. The van der Waals surface area contributed by atoms with Crippen molar-refractivity contribution >= 4 is 15.5 Å². The molecule has 0 aliphatic carbocycles. The zero-order chi connectivity index (χ0) is 12.7. The van der Waals surface area contributed by atoms with Gasteiger partial charge in [-0.2, -0.15) is 0 Å². The van der Waals surface area contributed by atoms with Gasteiger partial charge in [-0.1, -0.05) is 18.2 Å². The van der Waals surface area contributed by atoms with Crippen LogP contribution in [-0.4, -0.2) is 39.7 Å². The van der Waals surface area contributed by atoms with E-state index in [1.165, 1.54) is 7.11 Å². The van der Waals surface area contributed by atoms with Gasteiger partial charge in [-0.15, -0.1) is 0 Å². The van der Waals surface area contributed by atoms with Crippen LogP contribution >= 0.6 is 0 Å². The third kappa shape index (κ3) is 4.75. The first-order chi connectivity index (χ1) is 8.06. The van der Waals surface area contributed by atoms with Crippen molar-refractivity contribution in [3.05, 3.63) is 30.3 Å². The molecule has 1 aromatic rings. The molecule has 0 saturated carbocycles. The highest BCUT2D eigenvalue weighted by Crippen LogP contribution is 2.08. The van der Waals surface area contributed by atoms with Crippen molar-refractivity contribution in [2.24, 2.45) is 0 Å². The lowest BCUT2D eigenvalue weighted by Gasteiger charge is -2.14. The van der Waals surface area contributed by atoms with Gasteiger partial charge in [0.25, 0.3) is 0 Å². The van der Waals surface area contributed by atoms with E-state index in [1.807, 2.05) is 30.3 Å². The van der Waals surface area contributed by atoms with Crippen LogP contribution in [0, 0.1) is 0 Å². The molecule has 17 heavy (non-hydrogen) atoms. The van der Waals surface area contributed by atoms with Crippen molar-refractivity contribution in [3.8, 4) is 0 Å². The number of hydrogen-bond donors (Lipinski definition) is 1. The number of hydrogen-bond acceptors (Lipinski definition) is 4. The summed E-state index contributed by atoms with van der Waals surface area (Å²) in [6.45, 7) is 2.37. The number of rotatable bonds is 7. The Kier molecular flexibility index (Phi) is 5.44. The molecule has 0 amide bonds. The molecule has 0 radical (unpaired) electrons. The van der Waals surface area contributed by atoms with E-state index in [1.54, 1.807) is 6.92 Å². The van der Waals surface area contributed by atoms with E-state index in [0.717, 1.165) is 5.69 Å². The summed E-state index contributed by atoms with van der Waals surface area (Å²) in [5.41, 5.74) is 0.932. The second-order valence-corrected chi connectivity index (χ2v) is 6.46. The lowest BCUT2D eigenvalue weighted by molar-refractivity contribution is 0.217. The van der Waals surface area contributed by atoms with Crippen LogP contribution in [0.5, 0.6) is 0 Å². The fraction of sp³-hybridized carbons (Fsp3) is 0.500. The number of methoxy groups -OCH3 is 1. The van der Waals surface area contributed by atoms with Gasteiger partial charge in [0.2, 0.25) is 0 Å². The smallest absolute Gasteiger partial charge is 0.156 e. The van der Waals surface area contributed by atoms with Gasteiger partial charge in [0.05, 0.1) is 17.6 Å². The molecule has 5 heteroatoms. The Balaban J connectivity index is 2.47. The maximum absolute atomic E-state index is 11.8. The van der Waals surface area contributed by atoms with Gasteiger partial charge < -0.3 is 10.1 Å². The Morgan fingerprint density at radius 2 is 1.94 bits per heavy atom. The third-order valence-corrected chi connectivity index (χ3v) is 4.68. The Bertz CT molecular complexity index is 417. The Labute approximate surface area is 103 Å². The fourth-order valence-corrected chi connectivity index (χ4v) is 2.48. The van der Waals surface area contributed by atoms with Gasteiger partial charge in [-0.25, -0.2) is 8.42 Å². The fourth-order valence-electron chi connectivity index (χ4n) is 1.35. The first-order valence-electron chi connectivity index (χ1n) is 5.55. The minimum atomic E-state index is -3.08. The van der Waals surface area contributed by atoms with Gasteiger partial charge in [-0.05, 0) is 19.1 Å². The second kappa shape index (κ2) is 6.61. The number of para-hydroxylation sites is 1. The zero-order valence-corrected chi connectivity index (χ0v) is 11.0. The summed E-state index contributed by atoms with van der Waals surface area (Å²) < 4.78 is 28.4. The summed E-state index contributed by atoms with van der Waals surface area (Å²) in [7, 11) is -1.58. The Morgan fingerprint density at radius 3 is 2.53 bits per heavy atom. The molecule has 0 aliphatic rings. The average Bonchev–Trinajstić information content (AvgIpc) is 2.34. The highest BCUT2D eigenvalue weighted by Gasteiger charge is 2.19. The number of anilines is 1. The normalized spacial score (nSPS) is 13.3. The summed E-state index contributed by atoms with van der Waals surface area (Å²) in [5.74, 6) is 0.0706. The lowest BCUT2D eigenvalue weighted by atomic mass is 10.3. The van der Waals surface area contributed by atoms with Gasteiger partial charge >= 0.3 is 0 Å². The van der Waals surface area contributed by atoms with E-state index in [2.05, 4.69) is 5.32 Å². The van der Waals surface area contributed by atoms with Crippen molar-refractivity contribution < 1.29 is 13.2 Å². The maximum Gasteiger partial charge on any atom is 0.156 e. The molecular weight excluding hydrogens is 238 g/mol. The second-order valence-electron chi connectivity index (χ2n) is 3.92. The molecule has 0 bridgehead atoms. The van der Waals surface area contributed by atoms with Crippen molar-refractivity contribution in [2.75, 3.05) is 31.3 Å². The van der Waals surface area contributed by atoms with Gasteiger partial charge in [0, 0.05) is 19.3 Å². The minimum absolute atomic E-state index is 0.0706. The first kappa shape index (κ1) is 14.0. The largest absolute Gasteiger partial charge is 0.384 e. The molecule has 1 unspecified atom stereocenters. The van der Waals surface area contributed by atoms with Crippen LogP contribution in [0.15, 0.2) is 30.3 Å². The van der Waals surface area contributed by atoms with Gasteiger partial charge in [-0.3, -0.25) is 0 Å². The van der Waals surface area contributed by atoms with E-state index in [9.17, 15) is 8.42 Å². The number of sulfone groups is 1. The van der Waals surface area contributed by atoms with Crippen molar-refractivity contribution in [3.63, 3.8) is 0 Å². The first-order valence-corrected chi connectivity index (χ1v) is 7.27. The molecule has 96 valence electrons. The number of nitrogens with one attached hydrogen (secondary N) is 1. The molecule has 1 rings (SSSR count).